The maximum absolute atomic E-state index is 13.1. The Bertz CT molecular complexity index is 1230. The summed E-state index contributed by atoms with van der Waals surface area (Å²) in [5.74, 6) is -0.553. The second kappa shape index (κ2) is 8.62. The fourth-order valence-corrected chi connectivity index (χ4v) is 3.41. The van der Waals surface area contributed by atoms with Crippen LogP contribution in [0.15, 0.2) is 84.9 Å². The molecule has 0 unspecified atom stereocenters. The SMILES string of the molecule is CCOC(=O)c1c(-c2cccc([N+](=O)[O-])c2)c(-c2ccccc2)nn1-c1ccccc1. The van der Waals surface area contributed by atoms with Gasteiger partial charge in [0.25, 0.3) is 5.69 Å². The molecule has 31 heavy (non-hydrogen) atoms. The minimum absolute atomic E-state index is 0.0706. The van der Waals surface area contributed by atoms with E-state index in [-0.39, 0.29) is 18.0 Å². The Kier molecular flexibility index (Phi) is 5.57. The van der Waals surface area contributed by atoms with Crippen LogP contribution in [0, 0.1) is 10.1 Å². The van der Waals surface area contributed by atoms with E-state index in [2.05, 4.69) is 0 Å². The van der Waals surface area contributed by atoms with Crippen molar-refractivity contribution in [1.29, 1.82) is 0 Å². The third kappa shape index (κ3) is 3.93. The smallest absolute Gasteiger partial charge is 0.357 e. The van der Waals surface area contributed by atoms with Gasteiger partial charge in [-0.3, -0.25) is 10.1 Å². The molecule has 0 atom stereocenters. The molecule has 0 aliphatic rings. The third-order valence-corrected chi connectivity index (χ3v) is 4.75. The lowest BCUT2D eigenvalue weighted by molar-refractivity contribution is -0.384. The summed E-state index contributed by atoms with van der Waals surface area (Å²) < 4.78 is 6.88. The highest BCUT2D eigenvalue weighted by Gasteiger charge is 2.28. The third-order valence-electron chi connectivity index (χ3n) is 4.75. The van der Waals surface area contributed by atoms with Gasteiger partial charge in [-0.05, 0) is 24.6 Å². The van der Waals surface area contributed by atoms with Crippen molar-refractivity contribution >= 4 is 11.7 Å². The molecule has 0 fully saturated rings. The van der Waals surface area contributed by atoms with Crippen molar-refractivity contribution in [3.63, 3.8) is 0 Å². The van der Waals surface area contributed by atoms with Crippen molar-refractivity contribution < 1.29 is 14.5 Å². The van der Waals surface area contributed by atoms with Gasteiger partial charge in [-0.25, -0.2) is 9.48 Å². The normalized spacial score (nSPS) is 10.6. The minimum atomic E-state index is -0.553. The predicted octanol–water partition coefficient (Wildman–Crippen LogP) is 5.29. The Morgan fingerprint density at radius 3 is 2.26 bits per heavy atom. The summed E-state index contributed by atoms with van der Waals surface area (Å²) in [4.78, 5) is 24.0. The largest absolute Gasteiger partial charge is 0.461 e. The number of rotatable bonds is 6. The summed E-state index contributed by atoms with van der Waals surface area (Å²) in [5.41, 5.74) is 3.14. The van der Waals surface area contributed by atoms with E-state index in [1.165, 1.54) is 16.8 Å². The van der Waals surface area contributed by atoms with E-state index in [1.54, 1.807) is 19.1 Å². The maximum atomic E-state index is 13.1. The molecule has 0 amide bonds. The van der Waals surface area contributed by atoms with E-state index >= 15 is 0 Å². The monoisotopic (exact) mass is 413 g/mol. The molecule has 0 aliphatic carbocycles. The predicted molar refractivity (Wildman–Crippen MR) is 117 cm³/mol. The first kappa shape index (κ1) is 20.0. The molecule has 7 nitrogen and oxygen atoms in total. The Morgan fingerprint density at radius 1 is 0.968 bits per heavy atom. The molecule has 3 aromatic carbocycles. The van der Waals surface area contributed by atoms with Gasteiger partial charge >= 0.3 is 5.97 Å². The highest BCUT2D eigenvalue weighted by atomic mass is 16.6. The number of nitro benzene ring substituents is 1. The van der Waals surface area contributed by atoms with Gasteiger partial charge in [0, 0.05) is 23.3 Å². The average molecular weight is 413 g/mol. The van der Waals surface area contributed by atoms with E-state index in [4.69, 9.17) is 9.84 Å². The van der Waals surface area contributed by atoms with Crippen LogP contribution in [0.5, 0.6) is 0 Å². The van der Waals surface area contributed by atoms with Gasteiger partial charge in [-0.2, -0.15) is 5.10 Å². The molecule has 4 rings (SSSR count). The molecule has 4 aromatic rings. The van der Waals surface area contributed by atoms with E-state index in [0.717, 1.165) is 5.56 Å². The van der Waals surface area contributed by atoms with Crippen LogP contribution in [0.4, 0.5) is 5.69 Å². The zero-order valence-corrected chi connectivity index (χ0v) is 16.8. The van der Waals surface area contributed by atoms with Crippen molar-refractivity contribution in [1.82, 2.24) is 9.78 Å². The lowest BCUT2D eigenvalue weighted by Gasteiger charge is -2.09. The van der Waals surface area contributed by atoms with E-state index in [0.29, 0.717) is 22.5 Å². The molecule has 0 aliphatic heterocycles. The Labute approximate surface area is 178 Å². The first-order valence-corrected chi connectivity index (χ1v) is 9.76. The Hall–Kier alpha value is -4.26. The summed E-state index contributed by atoms with van der Waals surface area (Å²) in [6.45, 7) is 1.92. The number of nitro groups is 1. The first-order chi connectivity index (χ1) is 15.1. The summed E-state index contributed by atoms with van der Waals surface area (Å²) in [6.07, 6.45) is 0. The quantitative estimate of drug-likeness (QED) is 0.243. The number of ether oxygens (including phenoxy) is 1. The van der Waals surface area contributed by atoms with E-state index in [9.17, 15) is 14.9 Å². The number of esters is 1. The molecular formula is C24H19N3O4. The lowest BCUT2D eigenvalue weighted by atomic mass is 9.98. The van der Waals surface area contributed by atoms with Crippen LogP contribution in [0.3, 0.4) is 0 Å². The molecule has 1 aromatic heterocycles. The Morgan fingerprint density at radius 2 is 1.61 bits per heavy atom. The fourth-order valence-electron chi connectivity index (χ4n) is 3.41. The van der Waals surface area contributed by atoms with Gasteiger partial charge < -0.3 is 4.74 Å². The van der Waals surface area contributed by atoms with Crippen LogP contribution < -0.4 is 0 Å². The molecule has 154 valence electrons. The standard InChI is InChI=1S/C24H19N3O4/c1-2-31-24(28)23-21(18-12-9-15-20(16-18)27(29)30)22(17-10-5-3-6-11-17)25-26(23)19-13-7-4-8-14-19/h3-16H,2H2,1H3. The van der Waals surface area contributed by atoms with Gasteiger partial charge in [0.15, 0.2) is 5.69 Å². The number of para-hydroxylation sites is 1. The highest BCUT2D eigenvalue weighted by Crippen LogP contribution is 2.37. The molecule has 0 radical (unpaired) electrons. The van der Waals surface area contributed by atoms with Crippen molar-refractivity contribution in [2.24, 2.45) is 0 Å². The summed E-state index contributed by atoms with van der Waals surface area (Å²) in [5, 5.41) is 16.1. The van der Waals surface area contributed by atoms with Crippen LogP contribution in [0.1, 0.15) is 17.4 Å². The number of carbonyl (C=O) groups is 1. The summed E-state index contributed by atoms with van der Waals surface area (Å²) in [6, 6.07) is 24.8. The van der Waals surface area contributed by atoms with Crippen LogP contribution in [-0.4, -0.2) is 27.3 Å². The first-order valence-electron chi connectivity index (χ1n) is 9.76. The van der Waals surface area contributed by atoms with Crippen LogP contribution >= 0.6 is 0 Å². The number of benzene rings is 3. The van der Waals surface area contributed by atoms with Crippen molar-refractivity contribution in [2.75, 3.05) is 6.61 Å². The molecule has 0 N–H and O–H groups in total. The van der Waals surface area contributed by atoms with Crippen molar-refractivity contribution in [3.05, 3.63) is 101 Å². The van der Waals surface area contributed by atoms with Crippen LogP contribution in [0.25, 0.3) is 28.1 Å². The molecule has 1 heterocycles. The Balaban J connectivity index is 2.07. The molecule has 0 bridgehead atoms. The number of hydrogen-bond acceptors (Lipinski definition) is 5. The second-order valence-electron chi connectivity index (χ2n) is 6.71. The number of non-ortho nitro benzene ring substituents is 1. The fraction of sp³-hybridized carbons (Fsp3) is 0.0833. The van der Waals surface area contributed by atoms with Crippen LogP contribution in [-0.2, 0) is 4.74 Å². The number of hydrogen-bond donors (Lipinski definition) is 0. The van der Waals surface area contributed by atoms with Crippen molar-refractivity contribution in [2.45, 2.75) is 6.92 Å². The molecular weight excluding hydrogens is 394 g/mol. The van der Waals surface area contributed by atoms with Crippen LogP contribution in [0.2, 0.25) is 0 Å². The number of nitrogens with zero attached hydrogens (tertiary/aromatic N) is 3. The summed E-state index contributed by atoms with van der Waals surface area (Å²) >= 11 is 0. The zero-order valence-electron chi connectivity index (χ0n) is 16.8. The van der Waals surface area contributed by atoms with E-state index < -0.39 is 10.9 Å². The summed E-state index contributed by atoms with van der Waals surface area (Å²) in [7, 11) is 0. The van der Waals surface area contributed by atoms with Crippen molar-refractivity contribution in [3.8, 4) is 28.1 Å². The molecule has 0 saturated carbocycles. The van der Waals surface area contributed by atoms with Gasteiger partial charge in [0.05, 0.1) is 17.2 Å². The molecule has 0 saturated heterocycles. The van der Waals surface area contributed by atoms with Gasteiger partial charge in [0.2, 0.25) is 0 Å². The average Bonchev–Trinajstić information content (AvgIpc) is 3.21. The highest BCUT2D eigenvalue weighted by molar-refractivity contribution is 6.01. The minimum Gasteiger partial charge on any atom is -0.461 e. The number of aromatic nitrogens is 2. The van der Waals surface area contributed by atoms with E-state index in [1.807, 2.05) is 60.7 Å². The van der Waals surface area contributed by atoms with Gasteiger partial charge in [-0.15, -0.1) is 0 Å². The number of carbonyl (C=O) groups excluding carboxylic acids is 1. The maximum Gasteiger partial charge on any atom is 0.357 e. The van der Waals surface area contributed by atoms with Gasteiger partial charge in [-0.1, -0.05) is 60.7 Å². The molecule has 7 heteroatoms. The lowest BCUT2D eigenvalue weighted by Crippen LogP contribution is -2.13. The topological polar surface area (TPSA) is 87.3 Å². The zero-order chi connectivity index (χ0) is 21.8. The molecule has 0 spiro atoms. The second-order valence-corrected chi connectivity index (χ2v) is 6.71. The van der Waals surface area contributed by atoms with Gasteiger partial charge in [0.1, 0.15) is 5.69 Å².